The van der Waals surface area contributed by atoms with Crippen LogP contribution in [0.3, 0.4) is 0 Å². The molecule has 0 bridgehead atoms. The first kappa shape index (κ1) is 16.2. The van der Waals surface area contributed by atoms with Crippen molar-refractivity contribution in [2.24, 2.45) is 0 Å². The van der Waals surface area contributed by atoms with Gasteiger partial charge in [0.1, 0.15) is 10.1 Å². The molecular weight excluding hydrogens is 352 g/mol. The highest BCUT2D eigenvalue weighted by molar-refractivity contribution is 8.26. The summed E-state index contributed by atoms with van der Waals surface area (Å²) >= 11 is 6.32. The van der Waals surface area contributed by atoms with E-state index in [0.717, 1.165) is 11.8 Å². The highest BCUT2D eigenvalue weighted by Gasteiger charge is 2.32. The van der Waals surface area contributed by atoms with Crippen LogP contribution in [0.2, 0.25) is 0 Å². The van der Waals surface area contributed by atoms with Crippen LogP contribution in [0.5, 0.6) is 5.75 Å². The molecule has 0 saturated carbocycles. The maximum atomic E-state index is 12.5. The summed E-state index contributed by atoms with van der Waals surface area (Å²) in [5.41, 5.74) is 0.00723. The van der Waals surface area contributed by atoms with Crippen LogP contribution in [0.25, 0.3) is 6.08 Å². The van der Waals surface area contributed by atoms with E-state index in [2.05, 4.69) is 0 Å². The monoisotopic (exact) mass is 362 g/mol. The second-order valence-corrected chi connectivity index (χ2v) is 6.53. The highest BCUT2D eigenvalue weighted by atomic mass is 32.2. The minimum atomic E-state index is -0.686. The zero-order valence-corrected chi connectivity index (χ0v) is 13.7. The first-order chi connectivity index (χ1) is 11.5. The predicted octanol–water partition coefficient (Wildman–Crippen LogP) is 3.29. The summed E-state index contributed by atoms with van der Waals surface area (Å²) in [6, 6.07) is 7.37. The van der Waals surface area contributed by atoms with Crippen LogP contribution in [0, 0.1) is 10.1 Å². The van der Waals surface area contributed by atoms with Gasteiger partial charge in [0.15, 0.2) is 5.75 Å². The number of hydrogen-bond acceptors (Lipinski definition) is 7. The molecule has 3 rings (SSSR count). The van der Waals surface area contributed by atoms with Crippen LogP contribution in [-0.2, 0) is 11.3 Å². The van der Waals surface area contributed by atoms with Crippen molar-refractivity contribution in [3.63, 3.8) is 0 Å². The number of thioether (sulfide) groups is 1. The Bertz CT molecular complexity index is 861. The topological polar surface area (TPSA) is 96.8 Å². The average Bonchev–Trinajstić information content (AvgIpc) is 3.13. The first-order valence-electron chi connectivity index (χ1n) is 6.71. The Morgan fingerprint density at radius 2 is 2.21 bits per heavy atom. The number of nitro groups is 1. The smallest absolute Gasteiger partial charge is 0.311 e. The lowest BCUT2D eigenvalue weighted by Gasteiger charge is -2.11. The zero-order chi connectivity index (χ0) is 17.3. The number of thiocarbonyl (C=S) groups is 1. The summed E-state index contributed by atoms with van der Waals surface area (Å²) in [6.45, 7) is 0.227. The summed E-state index contributed by atoms with van der Waals surface area (Å²) in [7, 11) is 0. The number of carbonyl (C=O) groups is 1. The quantitative estimate of drug-likeness (QED) is 0.386. The van der Waals surface area contributed by atoms with Gasteiger partial charge in [0, 0.05) is 6.07 Å². The molecule has 9 heteroatoms. The maximum absolute atomic E-state index is 12.5. The molecule has 0 radical (unpaired) electrons. The maximum Gasteiger partial charge on any atom is 0.311 e. The third-order valence-electron chi connectivity index (χ3n) is 3.26. The van der Waals surface area contributed by atoms with Gasteiger partial charge in [-0.15, -0.1) is 0 Å². The van der Waals surface area contributed by atoms with Gasteiger partial charge in [-0.05, 0) is 29.8 Å². The van der Waals surface area contributed by atoms with E-state index in [9.17, 15) is 20.0 Å². The number of rotatable bonds is 4. The SMILES string of the molecule is O=C1C(=Cc2ccc(O)c([N+](=O)[O-])c2)SC(=S)N1Cc1ccco1. The lowest BCUT2D eigenvalue weighted by molar-refractivity contribution is -0.385. The number of furan rings is 1. The van der Waals surface area contributed by atoms with Gasteiger partial charge in [-0.2, -0.15) is 0 Å². The van der Waals surface area contributed by atoms with Crippen LogP contribution in [0.1, 0.15) is 11.3 Å². The van der Waals surface area contributed by atoms with Crippen LogP contribution >= 0.6 is 24.0 Å². The molecule has 7 nitrogen and oxygen atoms in total. The molecule has 0 atom stereocenters. The molecule has 1 saturated heterocycles. The Morgan fingerprint density at radius 1 is 1.42 bits per heavy atom. The van der Waals surface area contributed by atoms with E-state index in [1.54, 1.807) is 12.1 Å². The normalized spacial score (nSPS) is 16.2. The van der Waals surface area contributed by atoms with Crippen LogP contribution < -0.4 is 0 Å². The van der Waals surface area contributed by atoms with Gasteiger partial charge in [-0.1, -0.05) is 30.0 Å². The second kappa shape index (κ2) is 6.46. The summed E-state index contributed by atoms with van der Waals surface area (Å²) in [5, 5.41) is 20.3. The third kappa shape index (κ3) is 3.17. The van der Waals surface area contributed by atoms with E-state index < -0.39 is 16.4 Å². The molecule has 0 spiro atoms. The molecular formula is C15H10N2O5S2. The fourth-order valence-corrected chi connectivity index (χ4v) is 3.38. The lowest BCUT2D eigenvalue weighted by Crippen LogP contribution is -2.27. The van der Waals surface area contributed by atoms with Crippen LogP contribution in [-0.4, -0.2) is 25.2 Å². The van der Waals surface area contributed by atoms with Crippen LogP contribution in [0.15, 0.2) is 45.9 Å². The van der Waals surface area contributed by atoms with Crippen molar-refractivity contribution < 1.29 is 19.2 Å². The summed E-state index contributed by atoms with van der Waals surface area (Å²) in [4.78, 5) is 24.4. The number of amides is 1. The molecule has 0 aliphatic carbocycles. The Hall–Kier alpha value is -2.65. The molecule has 2 heterocycles. The largest absolute Gasteiger partial charge is 0.502 e. The molecule has 2 aromatic rings. The van der Waals surface area contributed by atoms with Gasteiger partial charge in [0.2, 0.25) is 0 Å². The average molecular weight is 362 g/mol. The van der Waals surface area contributed by atoms with Crippen molar-refractivity contribution in [1.82, 2.24) is 4.90 Å². The third-order valence-corrected chi connectivity index (χ3v) is 4.64. The minimum Gasteiger partial charge on any atom is -0.502 e. The summed E-state index contributed by atoms with van der Waals surface area (Å²) in [5.74, 6) is -0.118. The van der Waals surface area contributed by atoms with Crippen LogP contribution in [0.4, 0.5) is 5.69 Å². The van der Waals surface area contributed by atoms with E-state index in [0.29, 0.717) is 20.5 Å². The van der Waals surface area contributed by atoms with Gasteiger partial charge >= 0.3 is 5.69 Å². The predicted molar refractivity (Wildman–Crippen MR) is 92.2 cm³/mol. The Balaban J connectivity index is 1.86. The molecule has 1 fully saturated rings. The zero-order valence-electron chi connectivity index (χ0n) is 12.0. The number of benzene rings is 1. The molecule has 1 aliphatic heterocycles. The van der Waals surface area contributed by atoms with Crippen molar-refractivity contribution >= 4 is 46.0 Å². The number of phenolic OH excluding ortho intramolecular Hbond substituents is 1. The first-order valence-corrected chi connectivity index (χ1v) is 7.93. The Morgan fingerprint density at radius 3 is 2.88 bits per heavy atom. The van der Waals surface area contributed by atoms with Crippen molar-refractivity contribution in [2.75, 3.05) is 0 Å². The molecule has 1 aliphatic rings. The second-order valence-electron chi connectivity index (χ2n) is 4.85. The number of hydrogen-bond donors (Lipinski definition) is 1. The van der Waals surface area contributed by atoms with Crippen molar-refractivity contribution in [1.29, 1.82) is 0 Å². The van der Waals surface area contributed by atoms with Crippen molar-refractivity contribution in [3.05, 3.63) is 62.9 Å². The number of carbonyl (C=O) groups excluding carboxylic acids is 1. The van der Waals surface area contributed by atoms with E-state index in [-0.39, 0.29) is 12.5 Å². The molecule has 24 heavy (non-hydrogen) atoms. The molecule has 1 N–H and O–H groups in total. The van der Waals surface area contributed by atoms with E-state index >= 15 is 0 Å². The van der Waals surface area contributed by atoms with E-state index in [1.807, 2.05) is 0 Å². The number of phenols is 1. The molecule has 1 amide bonds. The van der Waals surface area contributed by atoms with Gasteiger partial charge in [-0.3, -0.25) is 19.8 Å². The molecule has 1 aromatic heterocycles. The van der Waals surface area contributed by atoms with Gasteiger partial charge in [0.05, 0.1) is 22.6 Å². The molecule has 122 valence electrons. The van der Waals surface area contributed by atoms with Gasteiger partial charge < -0.3 is 9.52 Å². The Kier molecular flexibility index (Phi) is 4.36. The molecule has 0 unspecified atom stereocenters. The standard InChI is InChI=1S/C15H10N2O5S2/c18-12-4-3-9(6-11(12)17(20)21)7-13-14(19)16(15(23)24-13)8-10-2-1-5-22-10/h1-7,18H,8H2. The minimum absolute atomic E-state index is 0.227. The summed E-state index contributed by atoms with van der Waals surface area (Å²) in [6.07, 6.45) is 3.02. The number of nitrogens with zero attached hydrogens (tertiary/aromatic N) is 2. The van der Waals surface area contributed by atoms with Crippen molar-refractivity contribution in [2.45, 2.75) is 6.54 Å². The lowest BCUT2D eigenvalue weighted by atomic mass is 10.1. The fraction of sp³-hybridized carbons (Fsp3) is 0.0667. The fourth-order valence-electron chi connectivity index (χ4n) is 2.12. The summed E-state index contributed by atoms with van der Waals surface area (Å²) < 4.78 is 5.60. The number of aromatic hydroxyl groups is 1. The van der Waals surface area contributed by atoms with Gasteiger partial charge in [0.25, 0.3) is 5.91 Å². The van der Waals surface area contributed by atoms with Crippen molar-refractivity contribution in [3.8, 4) is 5.75 Å². The highest BCUT2D eigenvalue weighted by Crippen LogP contribution is 2.35. The molecule has 1 aromatic carbocycles. The van der Waals surface area contributed by atoms with Gasteiger partial charge in [-0.25, -0.2) is 0 Å². The number of nitro benzene ring substituents is 1. The Labute approximate surface area is 145 Å². The van der Waals surface area contributed by atoms with E-state index in [1.165, 1.54) is 35.4 Å². The van der Waals surface area contributed by atoms with E-state index in [4.69, 9.17) is 16.6 Å².